The number of hydrogen-bond acceptors (Lipinski definition) is 7. The number of nitrogens with zero attached hydrogens (tertiary/aromatic N) is 5. The Morgan fingerprint density at radius 1 is 1.17 bits per heavy atom. The van der Waals surface area contributed by atoms with Crippen molar-refractivity contribution in [1.29, 1.82) is 0 Å². The summed E-state index contributed by atoms with van der Waals surface area (Å²) in [6, 6.07) is 11.3. The molecule has 4 heterocycles. The molecule has 9 nitrogen and oxygen atoms in total. The Morgan fingerprint density at radius 2 is 2.07 bits per heavy atom. The molecule has 4 N–H and O–H groups in total. The van der Waals surface area contributed by atoms with E-state index in [-0.39, 0.29) is 11.9 Å². The number of aromatic amines is 1. The van der Waals surface area contributed by atoms with Crippen LogP contribution in [0.5, 0.6) is 0 Å². The summed E-state index contributed by atoms with van der Waals surface area (Å²) in [6.07, 6.45) is 5.69. The van der Waals surface area contributed by atoms with Gasteiger partial charge in [-0.05, 0) is 30.7 Å². The molecule has 1 aliphatic heterocycles. The average Bonchev–Trinajstić information content (AvgIpc) is 3.41. The number of rotatable bonds is 4. The van der Waals surface area contributed by atoms with Crippen LogP contribution in [0.1, 0.15) is 16.8 Å². The Balaban J connectivity index is 1.34. The molecular formula is C21H20N8O. The van der Waals surface area contributed by atoms with Gasteiger partial charge in [0.15, 0.2) is 17.3 Å². The van der Waals surface area contributed by atoms with Gasteiger partial charge in [0.25, 0.3) is 5.91 Å². The SMILES string of the molecule is Nc1ncc(N2CCC(NC(=O)c3cccnc3)C2)nc1-c1nc2ccccc2[nH]1. The van der Waals surface area contributed by atoms with Gasteiger partial charge < -0.3 is 20.9 Å². The van der Waals surface area contributed by atoms with Gasteiger partial charge in [-0.15, -0.1) is 0 Å². The summed E-state index contributed by atoms with van der Waals surface area (Å²) >= 11 is 0. The maximum Gasteiger partial charge on any atom is 0.253 e. The molecule has 150 valence electrons. The van der Waals surface area contributed by atoms with Crippen LogP contribution in [0.2, 0.25) is 0 Å². The lowest BCUT2D eigenvalue weighted by atomic mass is 10.2. The first kappa shape index (κ1) is 18.0. The molecule has 0 spiro atoms. The summed E-state index contributed by atoms with van der Waals surface area (Å²) in [4.78, 5) is 35.3. The quantitative estimate of drug-likeness (QED) is 0.478. The van der Waals surface area contributed by atoms with Crippen molar-refractivity contribution in [2.75, 3.05) is 23.7 Å². The first-order chi connectivity index (χ1) is 14.7. The number of H-pyrrole nitrogens is 1. The highest BCUT2D eigenvalue weighted by atomic mass is 16.1. The van der Waals surface area contributed by atoms with E-state index in [2.05, 4.69) is 30.2 Å². The number of anilines is 2. The lowest BCUT2D eigenvalue weighted by Crippen LogP contribution is -2.37. The zero-order valence-electron chi connectivity index (χ0n) is 16.1. The van der Waals surface area contributed by atoms with Gasteiger partial charge in [-0.25, -0.2) is 15.0 Å². The molecule has 30 heavy (non-hydrogen) atoms. The average molecular weight is 400 g/mol. The van der Waals surface area contributed by atoms with Crippen LogP contribution in [0.4, 0.5) is 11.6 Å². The number of nitrogens with two attached hydrogens (primary N) is 1. The van der Waals surface area contributed by atoms with Gasteiger partial charge in [0.2, 0.25) is 0 Å². The minimum Gasteiger partial charge on any atom is -0.382 e. The summed E-state index contributed by atoms with van der Waals surface area (Å²) in [5.74, 6) is 1.49. The fourth-order valence-electron chi connectivity index (χ4n) is 3.63. The number of benzene rings is 1. The van der Waals surface area contributed by atoms with Gasteiger partial charge in [0.1, 0.15) is 5.82 Å². The van der Waals surface area contributed by atoms with Crippen molar-refractivity contribution in [2.24, 2.45) is 0 Å². The molecule has 0 aliphatic carbocycles. The summed E-state index contributed by atoms with van der Waals surface area (Å²) in [6.45, 7) is 1.40. The molecule has 0 radical (unpaired) electrons. The third kappa shape index (κ3) is 3.41. The molecule has 1 amide bonds. The van der Waals surface area contributed by atoms with Gasteiger partial charge in [-0.3, -0.25) is 9.78 Å². The highest BCUT2D eigenvalue weighted by Gasteiger charge is 2.26. The number of aromatic nitrogens is 5. The normalized spacial score (nSPS) is 16.1. The molecule has 5 rings (SSSR count). The van der Waals surface area contributed by atoms with E-state index in [4.69, 9.17) is 10.7 Å². The number of para-hydroxylation sites is 2. The maximum absolute atomic E-state index is 12.4. The molecule has 1 aliphatic rings. The number of fused-ring (bicyclic) bond motifs is 1. The van der Waals surface area contributed by atoms with E-state index in [1.807, 2.05) is 24.3 Å². The number of nitrogens with one attached hydrogen (secondary N) is 2. The van der Waals surface area contributed by atoms with Crippen molar-refractivity contribution in [3.05, 3.63) is 60.6 Å². The van der Waals surface area contributed by atoms with Crippen LogP contribution in [-0.2, 0) is 0 Å². The number of pyridine rings is 1. The Bertz CT molecular complexity index is 1170. The highest BCUT2D eigenvalue weighted by Crippen LogP contribution is 2.26. The highest BCUT2D eigenvalue weighted by molar-refractivity contribution is 5.94. The van der Waals surface area contributed by atoms with Crippen molar-refractivity contribution in [3.8, 4) is 11.5 Å². The molecule has 4 aromatic rings. The molecule has 1 aromatic carbocycles. The van der Waals surface area contributed by atoms with Crippen molar-refractivity contribution in [3.63, 3.8) is 0 Å². The van der Waals surface area contributed by atoms with Crippen LogP contribution >= 0.6 is 0 Å². The standard InChI is InChI=1S/C21H20N8O/c22-19-18(20-26-15-5-1-2-6-16(15)27-20)28-17(11-24-19)29-9-7-14(12-29)25-21(30)13-4-3-8-23-10-13/h1-6,8,10-11,14H,7,9,12H2,(H2,22,24)(H,25,30)(H,26,27). The van der Waals surface area contributed by atoms with Gasteiger partial charge in [-0.1, -0.05) is 12.1 Å². The minimum absolute atomic E-state index is 0.0201. The zero-order valence-corrected chi connectivity index (χ0v) is 16.1. The van der Waals surface area contributed by atoms with Gasteiger partial charge in [-0.2, -0.15) is 0 Å². The largest absolute Gasteiger partial charge is 0.382 e. The van der Waals surface area contributed by atoms with E-state index >= 15 is 0 Å². The molecule has 0 saturated carbocycles. The van der Waals surface area contributed by atoms with Gasteiger partial charge in [0, 0.05) is 31.5 Å². The maximum atomic E-state index is 12.4. The summed E-state index contributed by atoms with van der Waals surface area (Å²) in [5.41, 5.74) is 8.92. The van der Waals surface area contributed by atoms with Crippen LogP contribution in [0.25, 0.3) is 22.6 Å². The summed E-state index contributed by atoms with van der Waals surface area (Å²) in [7, 11) is 0. The third-order valence-corrected chi connectivity index (χ3v) is 5.17. The molecule has 1 atom stereocenters. The van der Waals surface area contributed by atoms with Crippen LogP contribution in [0.15, 0.2) is 55.0 Å². The Morgan fingerprint density at radius 3 is 2.90 bits per heavy atom. The predicted molar refractivity (Wildman–Crippen MR) is 114 cm³/mol. The van der Waals surface area contributed by atoms with Crippen LogP contribution in [0, 0.1) is 0 Å². The first-order valence-corrected chi connectivity index (χ1v) is 9.71. The van der Waals surface area contributed by atoms with E-state index < -0.39 is 0 Å². The lowest BCUT2D eigenvalue weighted by molar-refractivity contribution is 0.0940. The number of carbonyl (C=O) groups is 1. The van der Waals surface area contributed by atoms with Gasteiger partial charge in [0.05, 0.1) is 22.8 Å². The predicted octanol–water partition coefficient (Wildman–Crippen LogP) is 2.01. The van der Waals surface area contributed by atoms with Gasteiger partial charge >= 0.3 is 0 Å². The lowest BCUT2D eigenvalue weighted by Gasteiger charge is -2.18. The van der Waals surface area contributed by atoms with E-state index in [0.29, 0.717) is 35.3 Å². The molecule has 3 aromatic heterocycles. The van der Waals surface area contributed by atoms with Crippen LogP contribution in [-0.4, -0.2) is 50.0 Å². The second kappa shape index (κ2) is 7.43. The Hall–Kier alpha value is -4.01. The van der Waals surface area contributed by atoms with E-state index in [1.165, 1.54) is 0 Å². The number of amides is 1. The smallest absolute Gasteiger partial charge is 0.253 e. The monoisotopic (exact) mass is 400 g/mol. The number of nitrogen functional groups attached to an aromatic ring is 1. The zero-order chi connectivity index (χ0) is 20.5. The molecule has 1 unspecified atom stereocenters. The molecule has 1 fully saturated rings. The first-order valence-electron chi connectivity index (χ1n) is 9.71. The minimum atomic E-state index is -0.124. The fourth-order valence-corrected chi connectivity index (χ4v) is 3.63. The summed E-state index contributed by atoms with van der Waals surface area (Å²) < 4.78 is 0. The Labute approximate surface area is 172 Å². The summed E-state index contributed by atoms with van der Waals surface area (Å²) in [5, 5.41) is 3.06. The van der Waals surface area contributed by atoms with Crippen molar-refractivity contribution in [1.82, 2.24) is 30.2 Å². The third-order valence-electron chi connectivity index (χ3n) is 5.17. The number of hydrogen-bond donors (Lipinski definition) is 3. The van der Waals surface area contributed by atoms with E-state index in [0.717, 1.165) is 24.0 Å². The van der Waals surface area contributed by atoms with Crippen molar-refractivity contribution >= 4 is 28.6 Å². The van der Waals surface area contributed by atoms with E-state index in [9.17, 15) is 4.79 Å². The van der Waals surface area contributed by atoms with Crippen molar-refractivity contribution < 1.29 is 4.79 Å². The molecule has 9 heteroatoms. The number of imidazole rings is 1. The van der Waals surface area contributed by atoms with Crippen LogP contribution < -0.4 is 16.0 Å². The fraction of sp³-hybridized carbons (Fsp3) is 0.190. The molecular weight excluding hydrogens is 380 g/mol. The second-order valence-electron chi connectivity index (χ2n) is 7.21. The topological polar surface area (TPSA) is 126 Å². The second-order valence-corrected chi connectivity index (χ2v) is 7.21. The van der Waals surface area contributed by atoms with E-state index in [1.54, 1.807) is 30.7 Å². The number of carbonyl (C=O) groups excluding carboxylic acids is 1. The molecule has 1 saturated heterocycles. The van der Waals surface area contributed by atoms with Crippen LogP contribution in [0.3, 0.4) is 0 Å². The molecule has 0 bridgehead atoms. The van der Waals surface area contributed by atoms with Crippen molar-refractivity contribution in [2.45, 2.75) is 12.5 Å². The Kier molecular flexibility index (Phi) is 4.47.